The van der Waals surface area contributed by atoms with Gasteiger partial charge in [0.2, 0.25) is 10.0 Å². The van der Waals surface area contributed by atoms with Gasteiger partial charge in [0.05, 0.1) is 10.6 Å². The van der Waals surface area contributed by atoms with Crippen molar-refractivity contribution in [3.05, 3.63) is 77.4 Å². The van der Waals surface area contributed by atoms with Crippen molar-refractivity contribution in [1.29, 1.82) is 0 Å². The molecular weight excluding hydrogens is 461 g/mol. The number of aliphatic imine (C=N–C) groups is 1. The lowest BCUT2D eigenvalue weighted by Crippen LogP contribution is -2.42. The molecule has 31 heavy (non-hydrogen) atoms. The monoisotopic (exact) mass is 479 g/mol. The molecule has 1 atom stereocenters. The van der Waals surface area contributed by atoms with Crippen LogP contribution in [-0.2, 0) is 10.0 Å². The van der Waals surface area contributed by atoms with Crippen LogP contribution in [0.4, 0.5) is 11.4 Å². The molecule has 0 saturated carbocycles. The molecule has 11 heteroatoms. The summed E-state index contributed by atoms with van der Waals surface area (Å²) in [6.07, 6.45) is 6.26. The Bertz CT molecular complexity index is 1180. The molecule has 2 aromatic rings. The van der Waals surface area contributed by atoms with Crippen LogP contribution >= 0.6 is 23.2 Å². The van der Waals surface area contributed by atoms with Crippen molar-refractivity contribution >= 4 is 56.8 Å². The van der Waals surface area contributed by atoms with Crippen molar-refractivity contribution in [3.63, 3.8) is 0 Å². The molecular formula is C20H19Cl2N5O3S. The first kappa shape index (κ1) is 23.0. The van der Waals surface area contributed by atoms with E-state index >= 15 is 0 Å². The zero-order chi connectivity index (χ0) is 22.5. The van der Waals surface area contributed by atoms with Crippen LogP contribution in [0.2, 0.25) is 0 Å². The van der Waals surface area contributed by atoms with Gasteiger partial charge in [0.15, 0.2) is 0 Å². The van der Waals surface area contributed by atoms with Crippen LogP contribution in [0.5, 0.6) is 0 Å². The van der Waals surface area contributed by atoms with E-state index in [0.717, 1.165) is 0 Å². The molecule has 0 heterocycles. The molecule has 162 valence electrons. The molecule has 5 N–H and O–H groups in total. The number of halogens is 2. The van der Waals surface area contributed by atoms with Crippen LogP contribution in [-0.4, -0.2) is 25.7 Å². The number of nitrogens with two attached hydrogens (primary N) is 1. The van der Waals surface area contributed by atoms with Crippen LogP contribution in [0.1, 0.15) is 16.8 Å². The number of carbonyl (C=O) groups excluding carboxylic acids is 1. The summed E-state index contributed by atoms with van der Waals surface area (Å²) < 4.78 is 28.1. The normalized spacial score (nSPS) is 18.6. The molecule has 8 nitrogen and oxygen atoms in total. The summed E-state index contributed by atoms with van der Waals surface area (Å²) in [5.74, 6) is 4.72. The van der Waals surface area contributed by atoms with E-state index in [1.165, 1.54) is 30.6 Å². The summed E-state index contributed by atoms with van der Waals surface area (Å²) >= 11 is 12.3. The number of anilines is 1. The average molecular weight is 480 g/mol. The Kier molecular flexibility index (Phi) is 7.14. The first-order chi connectivity index (χ1) is 14.7. The van der Waals surface area contributed by atoms with Crippen molar-refractivity contribution in [2.45, 2.75) is 16.3 Å². The van der Waals surface area contributed by atoms with Crippen LogP contribution in [0, 0.1) is 0 Å². The fourth-order valence-electron chi connectivity index (χ4n) is 2.81. The third-order valence-electron chi connectivity index (χ3n) is 4.16. The lowest BCUT2D eigenvalue weighted by Gasteiger charge is -2.26. The fourth-order valence-corrected chi connectivity index (χ4v) is 4.89. The Balaban J connectivity index is 1.78. The molecule has 1 aliphatic rings. The maximum Gasteiger partial charge on any atom is 0.255 e. The first-order valence-electron chi connectivity index (χ1n) is 8.99. The van der Waals surface area contributed by atoms with Crippen molar-refractivity contribution in [1.82, 2.24) is 10.1 Å². The topological polar surface area (TPSA) is 126 Å². The highest BCUT2D eigenvalue weighted by Gasteiger charge is 2.32. The molecule has 0 bridgehead atoms. The number of carbonyl (C=O) groups is 1. The van der Waals surface area contributed by atoms with Gasteiger partial charge in [-0.3, -0.25) is 4.79 Å². The second-order valence-electron chi connectivity index (χ2n) is 6.56. The molecule has 0 fully saturated rings. The largest absolute Gasteiger partial charge is 0.322 e. The van der Waals surface area contributed by atoms with E-state index in [2.05, 4.69) is 20.5 Å². The lowest BCUT2D eigenvalue weighted by atomic mass is 10.1. The number of benzene rings is 2. The van der Waals surface area contributed by atoms with E-state index < -0.39 is 20.9 Å². The van der Waals surface area contributed by atoms with E-state index in [9.17, 15) is 13.2 Å². The van der Waals surface area contributed by atoms with Crippen LogP contribution in [0.3, 0.4) is 0 Å². The third-order valence-corrected chi connectivity index (χ3v) is 6.37. The van der Waals surface area contributed by atoms with Crippen molar-refractivity contribution in [2.75, 3.05) is 5.32 Å². The van der Waals surface area contributed by atoms with Gasteiger partial charge in [-0.25, -0.2) is 19.3 Å². The summed E-state index contributed by atoms with van der Waals surface area (Å²) in [4.78, 5) is 15.2. The zero-order valence-corrected chi connectivity index (χ0v) is 18.4. The summed E-state index contributed by atoms with van der Waals surface area (Å²) in [6.45, 7) is 0. The van der Waals surface area contributed by atoms with Crippen LogP contribution < -0.4 is 21.3 Å². The zero-order valence-electron chi connectivity index (χ0n) is 16.0. The molecule has 0 saturated heterocycles. The summed E-state index contributed by atoms with van der Waals surface area (Å²) in [6, 6.07) is 12.4. The van der Waals surface area contributed by atoms with E-state index in [1.807, 2.05) is 0 Å². The van der Waals surface area contributed by atoms with E-state index in [0.29, 0.717) is 22.0 Å². The molecule has 0 aliphatic heterocycles. The number of hydrogen-bond acceptors (Lipinski definition) is 5. The smallest absolute Gasteiger partial charge is 0.255 e. The minimum atomic E-state index is -3.99. The second kappa shape index (κ2) is 9.63. The molecule has 2 aromatic carbocycles. The highest BCUT2D eigenvalue weighted by Crippen LogP contribution is 2.29. The number of nitrogens with zero attached hydrogens (tertiary/aromatic N) is 1. The van der Waals surface area contributed by atoms with E-state index in [-0.39, 0.29) is 11.3 Å². The van der Waals surface area contributed by atoms with Gasteiger partial charge < -0.3 is 10.7 Å². The number of hydrazine groups is 1. The summed E-state index contributed by atoms with van der Waals surface area (Å²) in [5, 5.41) is 3.01. The Hall–Kier alpha value is -2.69. The quantitative estimate of drug-likeness (QED) is 0.121. The predicted molar refractivity (Wildman–Crippen MR) is 123 cm³/mol. The molecule has 1 amide bonds. The number of sulfonamides is 1. The second-order valence-corrected chi connectivity index (χ2v) is 9.35. The molecule has 1 aliphatic carbocycles. The number of alkyl halides is 1. The first-order valence-corrected chi connectivity index (χ1v) is 11.2. The predicted octanol–water partition coefficient (Wildman–Crippen LogP) is 3.36. The highest BCUT2D eigenvalue weighted by atomic mass is 35.5. The van der Waals surface area contributed by atoms with Gasteiger partial charge in [0, 0.05) is 22.7 Å². The van der Waals surface area contributed by atoms with Gasteiger partial charge in [-0.1, -0.05) is 41.4 Å². The Morgan fingerprint density at radius 2 is 1.97 bits per heavy atom. The van der Waals surface area contributed by atoms with Gasteiger partial charge in [-0.05, 0) is 48.6 Å². The number of allylic oxidation sites excluding steroid dienone is 2. The van der Waals surface area contributed by atoms with E-state index in [1.54, 1.807) is 42.5 Å². The average Bonchev–Trinajstić information content (AvgIpc) is 2.71. The molecule has 3 rings (SSSR count). The summed E-state index contributed by atoms with van der Waals surface area (Å²) in [5.41, 5.74) is 3.44. The lowest BCUT2D eigenvalue weighted by molar-refractivity contribution is 0.102. The number of nitrogens with one attached hydrogen (secondary N) is 3. The fraction of sp³-hybridized carbons (Fsp3) is 0.100. The SMILES string of the molecule is NNC=Nc1cccc(C(=O)Nc2cccc(S(=O)(=O)NC3(Cl)C=C(Cl)C=CC3)c2)c1. The minimum absolute atomic E-state index is 0.0585. The third kappa shape index (κ3) is 6.16. The van der Waals surface area contributed by atoms with Gasteiger partial charge >= 0.3 is 0 Å². The highest BCUT2D eigenvalue weighted by molar-refractivity contribution is 7.89. The molecule has 1 unspecified atom stereocenters. The van der Waals surface area contributed by atoms with Crippen molar-refractivity contribution in [3.8, 4) is 0 Å². The number of rotatable bonds is 7. The van der Waals surface area contributed by atoms with Gasteiger partial charge in [0.1, 0.15) is 11.3 Å². The maximum absolute atomic E-state index is 12.8. The number of amides is 1. The van der Waals surface area contributed by atoms with Gasteiger partial charge in [0.25, 0.3) is 5.91 Å². The van der Waals surface area contributed by atoms with Crippen LogP contribution in [0.15, 0.2) is 81.7 Å². The molecule has 0 radical (unpaired) electrons. The van der Waals surface area contributed by atoms with Crippen molar-refractivity contribution in [2.24, 2.45) is 10.8 Å². The molecule has 0 aromatic heterocycles. The van der Waals surface area contributed by atoms with E-state index in [4.69, 9.17) is 29.0 Å². The minimum Gasteiger partial charge on any atom is -0.322 e. The van der Waals surface area contributed by atoms with Crippen molar-refractivity contribution < 1.29 is 13.2 Å². The van der Waals surface area contributed by atoms with Crippen LogP contribution in [0.25, 0.3) is 0 Å². The molecule has 0 spiro atoms. The van der Waals surface area contributed by atoms with Gasteiger partial charge in [-0.2, -0.15) is 4.72 Å². The Labute approximate surface area is 189 Å². The Morgan fingerprint density at radius 1 is 1.19 bits per heavy atom. The number of hydrogen-bond donors (Lipinski definition) is 4. The summed E-state index contributed by atoms with van der Waals surface area (Å²) in [7, 11) is -3.99. The standard InChI is InChI=1S/C20H19Cl2N5O3S/c21-15-5-3-9-20(22,12-15)27-31(29,30)18-8-2-7-17(11-18)26-19(28)14-4-1-6-16(10-14)24-13-25-23/h1-8,10-13,27H,9,23H2,(H,24,25)(H,26,28). The maximum atomic E-state index is 12.8. The Morgan fingerprint density at radius 3 is 2.71 bits per heavy atom. The van der Waals surface area contributed by atoms with Gasteiger partial charge in [-0.15, -0.1) is 0 Å².